The molecule has 0 aliphatic heterocycles. The first-order valence-corrected chi connectivity index (χ1v) is 5.05. The molecule has 0 saturated heterocycles. The fraction of sp³-hybridized carbons (Fsp3) is 0.364. The van der Waals surface area contributed by atoms with Gasteiger partial charge in [-0.3, -0.25) is 10.1 Å². The third-order valence-electron chi connectivity index (χ3n) is 3.20. The minimum atomic E-state index is -0.529. The van der Waals surface area contributed by atoms with Gasteiger partial charge in [-0.25, -0.2) is 0 Å². The Hall–Kier alpha value is -2.09. The van der Waals surface area contributed by atoms with Gasteiger partial charge in [0.15, 0.2) is 0 Å². The van der Waals surface area contributed by atoms with Crippen molar-refractivity contribution in [1.82, 2.24) is 0 Å². The average Bonchev–Trinajstić information content (AvgIpc) is 2.19. The Morgan fingerprint density at radius 3 is 2.62 bits per heavy atom. The van der Waals surface area contributed by atoms with E-state index in [1.54, 1.807) is 6.07 Å². The number of nitro benzene ring substituents is 1. The Morgan fingerprint density at radius 2 is 2.19 bits per heavy atom. The molecular formula is C11H11N3O2. The van der Waals surface area contributed by atoms with Crippen LogP contribution >= 0.6 is 0 Å². The zero-order valence-corrected chi connectivity index (χ0v) is 8.64. The van der Waals surface area contributed by atoms with Gasteiger partial charge in [-0.05, 0) is 30.9 Å². The van der Waals surface area contributed by atoms with Crippen LogP contribution in [-0.2, 0) is 5.41 Å². The molecular weight excluding hydrogens is 206 g/mol. The first-order valence-electron chi connectivity index (χ1n) is 5.05. The van der Waals surface area contributed by atoms with E-state index in [4.69, 9.17) is 11.0 Å². The van der Waals surface area contributed by atoms with E-state index in [9.17, 15) is 10.1 Å². The number of hydrogen-bond acceptors (Lipinski definition) is 4. The van der Waals surface area contributed by atoms with Crippen molar-refractivity contribution in [3.8, 4) is 6.07 Å². The van der Waals surface area contributed by atoms with Gasteiger partial charge in [0.1, 0.15) is 5.69 Å². The lowest BCUT2D eigenvalue weighted by Crippen LogP contribution is -2.32. The van der Waals surface area contributed by atoms with Crippen LogP contribution in [0.3, 0.4) is 0 Å². The van der Waals surface area contributed by atoms with E-state index in [0.29, 0.717) is 5.56 Å². The largest absolute Gasteiger partial charge is 0.393 e. The Kier molecular flexibility index (Phi) is 2.27. The van der Waals surface area contributed by atoms with E-state index in [1.807, 2.05) is 0 Å². The molecule has 0 spiro atoms. The first-order chi connectivity index (χ1) is 7.59. The molecule has 0 heterocycles. The van der Waals surface area contributed by atoms with Crippen molar-refractivity contribution in [3.63, 3.8) is 0 Å². The second kappa shape index (κ2) is 3.49. The van der Waals surface area contributed by atoms with Crippen molar-refractivity contribution in [3.05, 3.63) is 33.9 Å². The van der Waals surface area contributed by atoms with Crippen LogP contribution in [0.1, 0.15) is 24.8 Å². The van der Waals surface area contributed by atoms with Gasteiger partial charge in [0.05, 0.1) is 16.4 Å². The van der Waals surface area contributed by atoms with Crippen LogP contribution in [0, 0.1) is 21.4 Å². The number of nitrogens with zero attached hydrogens (tertiary/aromatic N) is 2. The SMILES string of the molecule is N#CC1(c2ccc(N)c([N+](=O)[O-])c2)CCC1. The van der Waals surface area contributed by atoms with E-state index in [1.165, 1.54) is 12.1 Å². The van der Waals surface area contributed by atoms with Crippen molar-refractivity contribution >= 4 is 11.4 Å². The standard InChI is InChI=1S/C11H11N3O2/c12-7-11(4-1-5-11)8-2-3-9(13)10(6-8)14(15)16/h2-3,6H,1,4-5,13H2. The summed E-state index contributed by atoms with van der Waals surface area (Å²) in [7, 11) is 0. The molecule has 1 saturated carbocycles. The number of nitrogen functional groups attached to an aromatic ring is 1. The van der Waals surface area contributed by atoms with E-state index in [2.05, 4.69) is 6.07 Å². The minimum Gasteiger partial charge on any atom is -0.393 e. The van der Waals surface area contributed by atoms with Crippen LogP contribution in [0.5, 0.6) is 0 Å². The summed E-state index contributed by atoms with van der Waals surface area (Å²) in [6.07, 6.45) is 2.53. The summed E-state index contributed by atoms with van der Waals surface area (Å²) in [6, 6.07) is 6.90. The highest BCUT2D eigenvalue weighted by atomic mass is 16.6. The molecule has 1 aromatic carbocycles. The first kappa shape index (κ1) is 10.4. The van der Waals surface area contributed by atoms with E-state index < -0.39 is 10.3 Å². The number of benzene rings is 1. The fourth-order valence-corrected chi connectivity index (χ4v) is 1.99. The number of nitrogens with two attached hydrogens (primary N) is 1. The highest BCUT2D eigenvalue weighted by Gasteiger charge is 2.39. The minimum absolute atomic E-state index is 0.112. The summed E-state index contributed by atoms with van der Waals surface area (Å²) in [6.45, 7) is 0. The third kappa shape index (κ3) is 1.39. The van der Waals surface area contributed by atoms with Crippen LogP contribution in [-0.4, -0.2) is 4.92 Å². The van der Waals surface area contributed by atoms with Gasteiger partial charge in [0.2, 0.25) is 0 Å². The predicted octanol–water partition coefficient (Wildman–Crippen LogP) is 2.12. The number of rotatable bonds is 2. The van der Waals surface area contributed by atoms with Gasteiger partial charge < -0.3 is 5.73 Å². The summed E-state index contributed by atoms with van der Waals surface area (Å²) < 4.78 is 0. The molecule has 0 radical (unpaired) electrons. The Labute approximate surface area is 92.6 Å². The molecule has 82 valence electrons. The summed E-state index contributed by atoms with van der Waals surface area (Å²) in [5, 5.41) is 19.9. The molecule has 1 aliphatic carbocycles. The maximum absolute atomic E-state index is 10.7. The normalized spacial score (nSPS) is 17.2. The van der Waals surface area contributed by atoms with Gasteiger partial charge in [0, 0.05) is 6.07 Å². The second-order valence-electron chi connectivity index (χ2n) is 4.08. The van der Waals surface area contributed by atoms with E-state index in [0.717, 1.165) is 19.3 Å². The molecule has 0 bridgehead atoms. The molecule has 16 heavy (non-hydrogen) atoms. The molecule has 0 atom stereocenters. The smallest absolute Gasteiger partial charge is 0.292 e. The molecule has 2 N–H and O–H groups in total. The quantitative estimate of drug-likeness (QED) is 0.466. The van der Waals surface area contributed by atoms with Crippen molar-refractivity contribution in [1.29, 1.82) is 5.26 Å². The lowest BCUT2D eigenvalue weighted by atomic mass is 9.65. The lowest BCUT2D eigenvalue weighted by molar-refractivity contribution is -0.384. The molecule has 5 nitrogen and oxygen atoms in total. The van der Waals surface area contributed by atoms with Crippen LogP contribution in [0.4, 0.5) is 11.4 Å². The average molecular weight is 217 g/mol. The highest BCUT2D eigenvalue weighted by Crippen LogP contribution is 2.44. The number of nitriles is 1. The maximum atomic E-state index is 10.7. The number of anilines is 1. The molecule has 1 fully saturated rings. The molecule has 1 aliphatic rings. The molecule has 1 aromatic rings. The van der Waals surface area contributed by atoms with Gasteiger partial charge in [-0.15, -0.1) is 0 Å². The zero-order chi connectivity index (χ0) is 11.8. The van der Waals surface area contributed by atoms with Gasteiger partial charge in [0.25, 0.3) is 5.69 Å². The van der Waals surface area contributed by atoms with Crippen LogP contribution in [0.2, 0.25) is 0 Å². The highest BCUT2D eigenvalue weighted by molar-refractivity contribution is 5.60. The van der Waals surface area contributed by atoms with E-state index >= 15 is 0 Å². The molecule has 2 rings (SSSR count). The molecule has 5 heteroatoms. The Bertz CT molecular complexity index is 486. The number of hydrogen-bond donors (Lipinski definition) is 1. The Balaban J connectivity index is 2.48. The topological polar surface area (TPSA) is 93.0 Å². The predicted molar refractivity (Wildman–Crippen MR) is 58.7 cm³/mol. The lowest BCUT2D eigenvalue weighted by Gasteiger charge is -2.35. The van der Waals surface area contributed by atoms with E-state index in [-0.39, 0.29) is 11.4 Å². The van der Waals surface area contributed by atoms with Crippen LogP contribution in [0.15, 0.2) is 18.2 Å². The van der Waals surface area contributed by atoms with Gasteiger partial charge in [-0.1, -0.05) is 6.07 Å². The monoisotopic (exact) mass is 217 g/mol. The second-order valence-corrected chi connectivity index (χ2v) is 4.08. The van der Waals surface area contributed by atoms with Crippen molar-refractivity contribution in [2.75, 3.05) is 5.73 Å². The zero-order valence-electron chi connectivity index (χ0n) is 8.64. The summed E-state index contributed by atoms with van der Waals surface area (Å²) >= 11 is 0. The maximum Gasteiger partial charge on any atom is 0.292 e. The third-order valence-corrected chi connectivity index (χ3v) is 3.20. The van der Waals surface area contributed by atoms with Crippen LogP contribution in [0.25, 0.3) is 0 Å². The van der Waals surface area contributed by atoms with Crippen molar-refractivity contribution in [2.24, 2.45) is 0 Å². The summed E-state index contributed by atoms with van der Waals surface area (Å²) in [4.78, 5) is 10.2. The van der Waals surface area contributed by atoms with Gasteiger partial charge in [-0.2, -0.15) is 5.26 Å². The molecule has 0 unspecified atom stereocenters. The van der Waals surface area contributed by atoms with Crippen molar-refractivity contribution in [2.45, 2.75) is 24.7 Å². The summed E-state index contributed by atoms with van der Waals surface area (Å²) in [5.41, 5.74) is 5.72. The van der Waals surface area contributed by atoms with Crippen LogP contribution < -0.4 is 5.73 Å². The molecule has 0 aromatic heterocycles. The number of nitro groups is 1. The van der Waals surface area contributed by atoms with Gasteiger partial charge >= 0.3 is 0 Å². The Morgan fingerprint density at radius 1 is 1.50 bits per heavy atom. The fourth-order valence-electron chi connectivity index (χ4n) is 1.99. The molecule has 0 amide bonds. The summed E-state index contributed by atoms with van der Waals surface area (Å²) in [5.74, 6) is 0. The van der Waals surface area contributed by atoms with Crippen molar-refractivity contribution < 1.29 is 4.92 Å².